The molecule has 0 fully saturated rings. The van der Waals surface area contributed by atoms with Gasteiger partial charge in [-0.2, -0.15) is 0 Å². The average molecular weight is 239 g/mol. The third kappa shape index (κ3) is 3.85. The van der Waals surface area contributed by atoms with Crippen molar-refractivity contribution in [2.45, 2.75) is 45.7 Å². The van der Waals surface area contributed by atoms with E-state index >= 15 is 0 Å². The van der Waals surface area contributed by atoms with E-state index < -0.39 is 0 Å². The van der Waals surface area contributed by atoms with Gasteiger partial charge in [0.1, 0.15) is 0 Å². The molecule has 5 heteroatoms. The Kier molecular flexibility index (Phi) is 5.69. The zero-order valence-corrected chi connectivity index (χ0v) is 10.4. The highest BCUT2D eigenvalue weighted by Gasteiger charge is 2.03. The van der Waals surface area contributed by atoms with Crippen molar-refractivity contribution >= 4 is 0 Å². The first-order valence-electron chi connectivity index (χ1n) is 6.21. The Morgan fingerprint density at radius 1 is 1.18 bits per heavy atom. The van der Waals surface area contributed by atoms with Gasteiger partial charge in [0.05, 0.1) is 0 Å². The van der Waals surface area contributed by atoms with E-state index in [9.17, 15) is 9.59 Å². The first kappa shape index (κ1) is 13.7. The lowest BCUT2D eigenvalue weighted by atomic mass is 10.2. The summed E-state index contributed by atoms with van der Waals surface area (Å²) in [6.07, 6.45) is 6.00. The maximum absolute atomic E-state index is 11.9. The van der Waals surface area contributed by atoms with Crippen molar-refractivity contribution in [3.8, 4) is 0 Å². The lowest BCUT2D eigenvalue weighted by Crippen LogP contribution is -2.40. The normalized spacial score (nSPS) is 10.7. The molecule has 0 spiro atoms. The van der Waals surface area contributed by atoms with Crippen molar-refractivity contribution in [1.82, 2.24) is 9.13 Å². The van der Waals surface area contributed by atoms with Crippen LogP contribution in [0.15, 0.2) is 21.9 Å². The van der Waals surface area contributed by atoms with Crippen molar-refractivity contribution < 1.29 is 0 Å². The first-order chi connectivity index (χ1) is 8.20. The molecule has 0 saturated carbocycles. The van der Waals surface area contributed by atoms with Crippen molar-refractivity contribution in [3.63, 3.8) is 0 Å². The standard InChI is InChI=1S/C12H21N3O2/c1-2-3-4-5-8-14-9-6-11(16)15(10-7-13)12(14)17/h6,9H,2-5,7-8,10,13H2,1H3. The summed E-state index contributed by atoms with van der Waals surface area (Å²) in [5.41, 5.74) is 4.86. The molecule has 17 heavy (non-hydrogen) atoms. The summed E-state index contributed by atoms with van der Waals surface area (Å²) in [4.78, 5) is 23.4. The Morgan fingerprint density at radius 2 is 1.94 bits per heavy atom. The molecule has 0 bridgehead atoms. The summed E-state index contributed by atoms with van der Waals surface area (Å²) in [6, 6.07) is 1.43. The molecule has 0 amide bonds. The van der Waals surface area contributed by atoms with Crippen LogP contribution in [0.1, 0.15) is 32.6 Å². The smallest absolute Gasteiger partial charge is 0.329 e. The van der Waals surface area contributed by atoms with Gasteiger partial charge in [0.2, 0.25) is 0 Å². The molecule has 0 saturated heterocycles. The van der Waals surface area contributed by atoms with Crippen LogP contribution >= 0.6 is 0 Å². The number of rotatable bonds is 7. The number of unbranched alkanes of at least 4 members (excludes halogenated alkanes) is 3. The zero-order valence-electron chi connectivity index (χ0n) is 10.4. The number of aryl methyl sites for hydroxylation is 1. The fourth-order valence-corrected chi connectivity index (χ4v) is 1.77. The summed E-state index contributed by atoms with van der Waals surface area (Å²) in [6.45, 7) is 3.40. The van der Waals surface area contributed by atoms with Crippen molar-refractivity contribution in [2.24, 2.45) is 5.73 Å². The second kappa shape index (κ2) is 7.06. The molecule has 1 heterocycles. The number of nitrogens with two attached hydrogens (primary N) is 1. The second-order valence-corrected chi connectivity index (χ2v) is 4.13. The molecule has 0 aliphatic carbocycles. The van der Waals surface area contributed by atoms with Gasteiger partial charge < -0.3 is 10.3 Å². The molecule has 0 atom stereocenters. The topological polar surface area (TPSA) is 70.0 Å². The Labute approximate surface area is 101 Å². The highest BCUT2D eigenvalue weighted by atomic mass is 16.2. The van der Waals surface area contributed by atoms with E-state index in [0.29, 0.717) is 13.1 Å². The summed E-state index contributed by atoms with van der Waals surface area (Å²) in [5.74, 6) is 0. The average Bonchev–Trinajstić information content (AvgIpc) is 2.32. The van der Waals surface area contributed by atoms with E-state index in [1.807, 2.05) is 0 Å². The number of hydrogen-bond acceptors (Lipinski definition) is 3. The van der Waals surface area contributed by atoms with E-state index in [1.165, 1.54) is 23.5 Å². The molecule has 96 valence electrons. The Hall–Kier alpha value is -1.36. The van der Waals surface area contributed by atoms with Crippen molar-refractivity contribution in [1.29, 1.82) is 0 Å². The Balaban J connectivity index is 2.76. The van der Waals surface area contributed by atoms with Crippen LogP contribution in [0.4, 0.5) is 0 Å². The predicted octanol–water partition coefficient (Wildman–Crippen LogP) is 0.549. The van der Waals surface area contributed by atoms with Gasteiger partial charge in [-0.15, -0.1) is 0 Å². The van der Waals surface area contributed by atoms with Crippen LogP contribution in [0, 0.1) is 0 Å². The highest BCUT2D eigenvalue weighted by molar-refractivity contribution is 4.86. The van der Waals surface area contributed by atoms with Crippen LogP contribution in [0.2, 0.25) is 0 Å². The van der Waals surface area contributed by atoms with Crippen molar-refractivity contribution in [3.05, 3.63) is 33.1 Å². The molecule has 0 aliphatic heterocycles. The molecule has 0 unspecified atom stereocenters. The molecule has 5 nitrogen and oxygen atoms in total. The molecule has 1 rings (SSSR count). The van der Waals surface area contributed by atoms with Crippen LogP contribution in [-0.2, 0) is 13.1 Å². The number of aromatic nitrogens is 2. The van der Waals surface area contributed by atoms with Crippen LogP contribution in [-0.4, -0.2) is 15.7 Å². The van der Waals surface area contributed by atoms with Gasteiger partial charge in [0, 0.05) is 31.9 Å². The second-order valence-electron chi connectivity index (χ2n) is 4.13. The van der Waals surface area contributed by atoms with Gasteiger partial charge in [-0.05, 0) is 6.42 Å². The molecular weight excluding hydrogens is 218 g/mol. The minimum absolute atomic E-state index is 0.251. The molecule has 1 aromatic heterocycles. The third-order valence-corrected chi connectivity index (χ3v) is 2.74. The summed E-state index contributed by atoms with van der Waals surface area (Å²) >= 11 is 0. The lowest BCUT2D eigenvalue weighted by Gasteiger charge is -2.08. The molecule has 0 aromatic carbocycles. The SMILES string of the molecule is CCCCCCn1ccc(=O)n(CCN)c1=O. The van der Waals surface area contributed by atoms with E-state index in [1.54, 1.807) is 10.8 Å². The highest BCUT2D eigenvalue weighted by Crippen LogP contribution is 1.99. The fourth-order valence-electron chi connectivity index (χ4n) is 1.77. The van der Waals surface area contributed by atoms with E-state index in [4.69, 9.17) is 5.73 Å². The largest absolute Gasteiger partial charge is 0.331 e. The van der Waals surface area contributed by atoms with E-state index in [0.717, 1.165) is 12.8 Å². The summed E-state index contributed by atoms with van der Waals surface area (Å²) in [7, 11) is 0. The molecular formula is C12H21N3O2. The third-order valence-electron chi connectivity index (χ3n) is 2.74. The molecule has 1 aromatic rings. The van der Waals surface area contributed by atoms with E-state index in [-0.39, 0.29) is 17.8 Å². The lowest BCUT2D eigenvalue weighted by molar-refractivity contribution is 0.520. The fraction of sp³-hybridized carbons (Fsp3) is 0.667. The first-order valence-corrected chi connectivity index (χ1v) is 6.21. The minimum Gasteiger partial charge on any atom is -0.329 e. The minimum atomic E-state index is -0.273. The Morgan fingerprint density at radius 3 is 2.59 bits per heavy atom. The monoisotopic (exact) mass is 239 g/mol. The van der Waals surface area contributed by atoms with Gasteiger partial charge in [0.15, 0.2) is 0 Å². The molecule has 0 radical (unpaired) electrons. The summed E-state index contributed by atoms with van der Waals surface area (Å²) < 4.78 is 2.78. The predicted molar refractivity (Wildman–Crippen MR) is 68.2 cm³/mol. The summed E-state index contributed by atoms with van der Waals surface area (Å²) in [5, 5.41) is 0. The van der Waals surface area contributed by atoms with Crippen LogP contribution < -0.4 is 17.0 Å². The van der Waals surface area contributed by atoms with E-state index in [2.05, 4.69) is 6.92 Å². The van der Waals surface area contributed by atoms with Gasteiger partial charge in [0.25, 0.3) is 5.56 Å². The van der Waals surface area contributed by atoms with Crippen molar-refractivity contribution in [2.75, 3.05) is 6.54 Å². The van der Waals surface area contributed by atoms with Crippen LogP contribution in [0.25, 0.3) is 0 Å². The van der Waals surface area contributed by atoms with Gasteiger partial charge in [-0.3, -0.25) is 9.36 Å². The maximum Gasteiger partial charge on any atom is 0.331 e. The van der Waals surface area contributed by atoms with Gasteiger partial charge in [-0.1, -0.05) is 26.2 Å². The molecule has 0 aliphatic rings. The number of nitrogens with zero attached hydrogens (tertiary/aromatic N) is 2. The van der Waals surface area contributed by atoms with Crippen LogP contribution in [0.3, 0.4) is 0 Å². The number of hydrogen-bond donors (Lipinski definition) is 1. The van der Waals surface area contributed by atoms with Gasteiger partial charge >= 0.3 is 5.69 Å². The Bertz CT molecular complexity index is 448. The molecule has 2 N–H and O–H groups in total. The maximum atomic E-state index is 11.9. The van der Waals surface area contributed by atoms with Gasteiger partial charge in [-0.25, -0.2) is 4.79 Å². The quantitative estimate of drug-likeness (QED) is 0.706. The van der Waals surface area contributed by atoms with Crippen LogP contribution in [0.5, 0.6) is 0 Å². The zero-order chi connectivity index (χ0) is 12.7.